The first-order valence-corrected chi connectivity index (χ1v) is 13.9. The molecule has 2 atom stereocenters. The van der Waals surface area contributed by atoms with Crippen LogP contribution in [-0.4, -0.2) is 59.0 Å². The van der Waals surface area contributed by atoms with Crippen LogP contribution in [0, 0.1) is 13.8 Å². The van der Waals surface area contributed by atoms with Crippen molar-refractivity contribution < 1.29 is 19.1 Å². The smallest absolute Gasteiger partial charge is 0.408 e. The van der Waals surface area contributed by atoms with Crippen LogP contribution in [0.3, 0.4) is 0 Å². The molecule has 1 aromatic rings. The van der Waals surface area contributed by atoms with Crippen molar-refractivity contribution in [3.63, 3.8) is 0 Å². The van der Waals surface area contributed by atoms with Crippen LogP contribution in [0.15, 0.2) is 18.2 Å². The highest BCUT2D eigenvalue weighted by atomic mass is 32.2. The van der Waals surface area contributed by atoms with Crippen LogP contribution in [0.1, 0.15) is 83.5 Å². The van der Waals surface area contributed by atoms with Gasteiger partial charge in [0.2, 0.25) is 11.8 Å². The molecule has 7 nitrogen and oxygen atoms in total. The first-order valence-electron chi connectivity index (χ1n) is 12.5. The summed E-state index contributed by atoms with van der Waals surface area (Å²) in [5.74, 6) is 0.183. The Labute approximate surface area is 216 Å². The molecule has 0 spiro atoms. The van der Waals surface area contributed by atoms with Gasteiger partial charge in [-0.1, -0.05) is 31.5 Å². The fraction of sp³-hybridized carbons (Fsp3) is 0.667. The van der Waals surface area contributed by atoms with Gasteiger partial charge >= 0.3 is 6.09 Å². The molecule has 0 aliphatic carbocycles. The van der Waals surface area contributed by atoms with Gasteiger partial charge in [-0.05, 0) is 90.0 Å². The number of amides is 3. The van der Waals surface area contributed by atoms with Gasteiger partial charge in [-0.25, -0.2) is 4.79 Å². The maximum Gasteiger partial charge on any atom is 0.408 e. The zero-order chi connectivity index (χ0) is 26.8. The molecule has 198 valence electrons. The second-order valence-corrected chi connectivity index (χ2v) is 11.2. The van der Waals surface area contributed by atoms with Gasteiger partial charge in [0.25, 0.3) is 0 Å². The second kappa shape index (κ2) is 14.4. The number of benzene rings is 1. The summed E-state index contributed by atoms with van der Waals surface area (Å²) >= 11 is 1.60. The van der Waals surface area contributed by atoms with Gasteiger partial charge in [0.1, 0.15) is 17.7 Å². The standard InChI is InChI=1S/C27H45N3O4S/c1-10-11-16-30(25(32)22(15-17-35-9)29-26(33)34-27(6,7)8)23(24(31)28-18(2)3)21-14-12-13-19(4)20(21)5/h12-14,18,22-23H,10-11,15-17H2,1-9H3,(H,28,31)(H,29,33). The maximum absolute atomic E-state index is 14.0. The molecule has 0 saturated carbocycles. The van der Waals surface area contributed by atoms with E-state index in [4.69, 9.17) is 4.74 Å². The minimum absolute atomic E-state index is 0.0783. The van der Waals surface area contributed by atoms with Gasteiger partial charge in [0, 0.05) is 12.6 Å². The highest BCUT2D eigenvalue weighted by molar-refractivity contribution is 7.98. The average molecular weight is 508 g/mol. The molecule has 0 radical (unpaired) electrons. The molecule has 0 aliphatic heterocycles. The van der Waals surface area contributed by atoms with Crippen LogP contribution in [0.5, 0.6) is 0 Å². The first-order chi connectivity index (χ1) is 16.3. The summed E-state index contributed by atoms with van der Waals surface area (Å²) in [6.45, 7) is 15.6. The number of rotatable bonds is 12. The summed E-state index contributed by atoms with van der Waals surface area (Å²) in [5.41, 5.74) is 2.15. The van der Waals surface area contributed by atoms with E-state index >= 15 is 0 Å². The number of unbranched alkanes of at least 4 members (excludes halogenated alkanes) is 1. The number of ether oxygens (including phenoxy) is 1. The van der Waals surface area contributed by atoms with Gasteiger partial charge in [-0.2, -0.15) is 11.8 Å². The molecule has 0 fully saturated rings. The third kappa shape index (κ3) is 10.1. The molecule has 2 N–H and O–H groups in total. The van der Waals surface area contributed by atoms with E-state index in [1.54, 1.807) is 37.4 Å². The molecule has 0 heterocycles. The van der Waals surface area contributed by atoms with Crippen LogP contribution in [0.4, 0.5) is 4.79 Å². The fourth-order valence-electron chi connectivity index (χ4n) is 3.72. The molecule has 0 aromatic heterocycles. The highest BCUT2D eigenvalue weighted by Gasteiger charge is 2.36. The fourth-order valence-corrected chi connectivity index (χ4v) is 4.19. The van der Waals surface area contributed by atoms with Crippen molar-refractivity contribution in [2.75, 3.05) is 18.6 Å². The van der Waals surface area contributed by atoms with Crippen LogP contribution in [-0.2, 0) is 14.3 Å². The van der Waals surface area contributed by atoms with E-state index in [9.17, 15) is 14.4 Å². The Morgan fingerprint density at radius 3 is 2.31 bits per heavy atom. The molecule has 0 saturated heterocycles. The minimum Gasteiger partial charge on any atom is -0.444 e. The molecule has 1 aromatic carbocycles. The third-order valence-corrected chi connectivity index (χ3v) is 6.21. The van der Waals surface area contributed by atoms with Crippen molar-refractivity contribution in [3.05, 3.63) is 34.9 Å². The molecular formula is C27H45N3O4S. The van der Waals surface area contributed by atoms with Crippen molar-refractivity contribution >= 4 is 29.7 Å². The van der Waals surface area contributed by atoms with E-state index in [0.29, 0.717) is 18.7 Å². The number of nitrogens with one attached hydrogen (secondary N) is 2. The summed E-state index contributed by atoms with van der Waals surface area (Å²) in [6, 6.07) is 4.16. The van der Waals surface area contributed by atoms with Gasteiger partial charge in [-0.15, -0.1) is 0 Å². The SMILES string of the molecule is CCCCN(C(=O)C(CCSC)NC(=O)OC(C)(C)C)C(C(=O)NC(C)C)c1cccc(C)c1C. The Morgan fingerprint density at radius 2 is 1.77 bits per heavy atom. The lowest BCUT2D eigenvalue weighted by atomic mass is 9.94. The largest absolute Gasteiger partial charge is 0.444 e. The van der Waals surface area contributed by atoms with E-state index in [1.807, 2.05) is 59.1 Å². The summed E-state index contributed by atoms with van der Waals surface area (Å²) in [4.78, 5) is 41.8. The van der Waals surface area contributed by atoms with E-state index in [2.05, 4.69) is 10.6 Å². The predicted octanol–water partition coefficient (Wildman–Crippen LogP) is 5.14. The Balaban J connectivity index is 3.50. The molecule has 1 rings (SSSR count). The summed E-state index contributed by atoms with van der Waals surface area (Å²) in [6.07, 6.45) is 3.36. The van der Waals surface area contributed by atoms with Crippen molar-refractivity contribution in [1.82, 2.24) is 15.5 Å². The lowest BCUT2D eigenvalue weighted by Gasteiger charge is -2.35. The highest BCUT2D eigenvalue weighted by Crippen LogP contribution is 2.28. The quantitative estimate of drug-likeness (QED) is 0.409. The zero-order valence-electron chi connectivity index (χ0n) is 23.0. The van der Waals surface area contributed by atoms with Crippen molar-refractivity contribution in [2.24, 2.45) is 0 Å². The average Bonchev–Trinajstić information content (AvgIpc) is 2.74. The van der Waals surface area contributed by atoms with Crippen LogP contribution < -0.4 is 10.6 Å². The summed E-state index contributed by atoms with van der Waals surface area (Å²) in [5, 5.41) is 5.78. The molecule has 35 heavy (non-hydrogen) atoms. The van der Waals surface area contributed by atoms with Gasteiger partial charge in [-0.3, -0.25) is 9.59 Å². The van der Waals surface area contributed by atoms with Gasteiger partial charge in [0.05, 0.1) is 0 Å². The molecule has 2 unspecified atom stereocenters. The van der Waals surface area contributed by atoms with E-state index in [-0.39, 0.29) is 17.9 Å². The molecular weight excluding hydrogens is 462 g/mol. The second-order valence-electron chi connectivity index (χ2n) is 10.2. The van der Waals surface area contributed by atoms with Crippen LogP contribution in [0.2, 0.25) is 0 Å². The molecule has 8 heteroatoms. The zero-order valence-corrected chi connectivity index (χ0v) is 23.8. The molecule has 3 amide bonds. The Morgan fingerprint density at radius 1 is 1.11 bits per heavy atom. The number of hydrogen-bond donors (Lipinski definition) is 2. The third-order valence-electron chi connectivity index (χ3n) is 5.57. The number of aryl methyl sites for hydroxylation is 1. The molecule has 0 aliphatic rings. The Hall–Kier alpha value is -2.22. The van der Waals surface area contributed by atoms with Crippen LogP contribution >= 0.6 is 11.8 Å². The van der Waals surface area contributed by atoms with E-state index < -0.39 is 23.8 Å². The topological polar surface area (TPSA) is 87.7 Å². The predicted molar refractivity (Wildman–Crippen MR) is 145 cm³/mol. The first kappa shape index (κ1) is 30.8. The number of thioether (sulfide) groups is 1. The maximum atomic E-state index is 14.0. The summed E-state index contributed by atoms with van der Waals surface area (Å²) in [7, 11) is 0. The van der Waals surface area contributed by atoms with Crippen molar-refractivity contribution in [3.8, 4) is 0 Å². The lowest BCUT2D eigenvalue weighted by Crippen LogP contribution is -2.54. The summed E-state index contributed by atoms with van der Waals surface area (Å²) < 4.78 is 5.43. The number of carbonyl (C=O) groups excluding carboxylic acids is 3. The number of hydrogen-bond acceptors (Lipinski definition) is 5. The Kier molecular flexibility index (Phi) is 12.6. The minimum atomic E-state index is -0.798. The number of carbonyl (C=O) groups is 3. The number of nitrogens with zero attached hydrogens (tertiary/aromatic N) is 1. The van der Waals surface area contributed by atoms with E-state index in [1.165, 1.54) is 0 Å². The lowest BCUT2D eigenvalue weighted by molar-refractivity contribution is -0.142. The Bertz CT molecular complexity index is 851. The van der Waals surface area contributed by atoms with E-state index in [0.717, 1.165) is 29.5 Å². The normalized spacial score (nSPS) is 13.2. The van der Waals surface area contributed by atoms with Crippen molar-refractivity contribution in [2.45, 2.75) is 98.4 Å². The van der Waals surface area contributed by atoms with Crippen molar-refractivity contribution in [1.29, 1.82) is 0 Å². The van der Waals surface area contributed by atoms with Crippen LogP contribution in [0.25, 0.3) is 0 Å². The molecule has 0 bridgehead atoms. The van der Waals surface area contributed by atoms with Gasteiger partial charge < -0.3 is 20.3 Å². The monoisotopic (exact) mass is 507 g/mol. The van der Waals surface area contributed by atoms with Gasteiger partial charge in [0.15, 0.2) is 0 Å². The number of alkyl carbamates (subject to hydrolysis) is 1.